The SMILES string of the molecule is CCCOc1c(Cl)cc(/C=N/NS(=O)(=O)c2cc(OC)ccc2OC)cc1Cl. The molecule has 0 radical (unpaired) electrons. The molecule has 0 atom stereocenters. The van der Waals surface area contributed by atoms with Gasteiger partial charge in [0.1, 0.15) is 16.4 Å². The van der Waals surface area contributed by atoms with Crippen LogP contribution >= 0.6 is 23.2 Å². The highest BCUT2D eigenvalue weighted by atomic mass is 35.5. The van der Waals surface area contributed by atoms with Crippen molar-refractivity contribution in [2.24, 2.45) is 5.10 Å². The molecular weight excluding hydrogens is 427 g/mol. The molecule has 7 nitrogen and oxygen atoms in total. The lowest BCUT2D eigenvalue weighted by Gasteiger charge is -2.11. The second-order valence-electron chi connectivity index (χ2n) is 5.53. The summed E-state index contributed by atoms with van der Waals surface area (Å²) in [7, 11) is -1.18. The lowest BCUT2D eigenvalue weighted by Crippen LogP contribution is -2.19. The average molecular weight is 447 g/mol. The van der Waals surface area contributed by atoms with Crippen molar-refractivity contribution >= 4 is 39.4 Å². The van der Waals surface area contributed by atoms with E-state index in [0.29, 0.717) is 33.7 Å². The summed E-state index contributed by atoms with van der Waals surface area (Å²) in [5, 5.41) is 4.39. The Morgan fingerprint density at radius 2 is 1.79 bits per heavy atom. The largest absolute Gasteiger partial charge is 0.497 e. The van der Waals surface area contributed by atoms with E-state index in [9.17, 15) is 8.42 Å². The number of nitrogens with one attached hydrogen (secondary N) is 1. The van der Waals surface area contributed by atoms with Gasteiger partial charge >= 0.3 is 0 Å². The predicted octanol–water partition coefficient (Wildman–Crippen LogP) is 4.11. The number of nitrogens with zero attached hydrogens (tertiary/aromatic N) is 1. The van der Waals surface area contributed by atoms with E-state index in [1.54, 1.807) is 18.2 Å². The normalized spacial score (nSPS) is 11.5. The Balaban J connectivity index is 2.22. The first kappa shape index (κ1) is 22.1. The molecule has 2 aromatic carbocycles. The Bertz CT molecular complexity index is 941. The molecule has 0 fully saturated rings. The van der Waals surface area contributed by atoms with Crippen LogP contribution in [0.4, 0.5) is 0 Å². The molecule has 0 saturated carbocycles. The molecule has 0 saturated heterocycles. The predicted molar refractivity (Wildman–Crippen MR) is 110 cm³/mol. The number of sulfonamides is 1. The first-order valence-electron chi connectivity index (χ1n) is 8.21. The second-order valence-corrected chi connectivity index (χ2v) is 7.98. The van der Waals surface area contributed by atoms with Crippen LogP contribution in [0, 0.1) is 0 Å². The van der Waals surface area contributed by atoms with Gasteiger partial charge in [0.2, 0.25) is 0 Å². The van der Waals surface area contributed by atoms with E-state index < -0.39 is 10.0 Å². The Labute approximate surface area is 174 Å². The topological polar surface area (TPSA) is 86.2 Å². The van der Waals surface area contributed by atoms with Gasteiger partial charge in [-0.2, -0.15) is 18.4 Å². The number of hydrogen-bond acceptors (Lipinski definition) is 6. The van der Waals surface area contributed by atoms with Gasteiger partial charge in [-0.1, -0.05) is 30.1 Å². The average Bonchev–Trinajstić information content (AvgIpc) is 2.66. The van der Waals surface area contributed by atoms with Crippen molar-refractivity contribution in [1.29, 1.82) is 0 Å². The number of halogens is 2. The summed E-state index contributed by atoms with van der Waals surface area (Å²) < 4.78 is 40.7. The highest BCUT2D eigenvalue weighted by Gasteiger charge is 2.20. The highest BCUT2D eigenvalue weighted by Crippen LogP contribution is 2.34. The van der Waals surface area contributed by atoms with Crippen molar-refractivity contribution in [3.05, 3.63) is 45.9 Å². The van der Waals surface area contributed by atoms with Crippen molar-refractivity contribution < 1.29 is 22.6 Å². The van der Waals surface area contributed by atoms with Crippen LogP contribution < -0.4 is 19.0 Å². The molecule has 0 aliphatic carbocycles. The summed E-state index contributed by atoms with van der Waals surface area (Å²) in [6.07, 6.45) is 2.09. The Morgan fingerprint density at radius 3 is 2.36 bits per heavy atom. The molecule has 0 aromatic heterocycles. The van der Waals surface area contributed by atoms with Gasteiger partial charge in [-0.3, -0.25) is 0 Å². The minimum absolute atomic E-state index is 0.106. The molecular formula is C18H20Cl2N2O5S. The van der Waals surface area contributed by atoms with Gasteiger partial charge in [-0.25, -0.2) is 0 Å². The third-order valence-corrected chi connectivity index (χ3v) is 5.32. The van der Waals surface area contributed by atoms with E-state index >= 15 is 0 Å². The monoisotopic (exact) mass is 446 g/mol. The van der Waals surface area contributed by atoms with E-state index in [2.05, 4.69) is 9.93 Å². The van der Waals surface area contributed by atoms with Crippen LogP contribution in [0.15, 0.2) is 40.3 Å². The Hall–Kier alpha value is -2.16. The van der Waals surface area contributed by atoms with Gasteiger partial charge in [0.15, 0.2) is 5.75 Å². The first-order chi connectivity index (χ1) is 13.3. The first-order valence-corrected chi connectivity index (χ1v) is 10.4. The van der Waals surface area contributed by atoms with Gasteiger partial charge in [-0.15, -0.1) is 0 Å². The molecule has 0 unspecified atom stereocenters. The van der Waals surface area contributed by atoms with Gasteiger partial charge in [0, 0.05) is 6.07 Å². The van der Waals surface area contributed by atoms with Crippen LogP contribution in [0.1, 0.15) is 18.9 Å². The van der Waals surface area contributed by atoms with Gasteiger partial charge in [-0.05, 0) is 36.2 Å². The number of hydrazone groups is 1. The van der Waals surface area contributed by atoms with Crippen LogP contribution in [-0.2, 0) is 10.0 Å². The van der Waals surface area contributed by atoms with E-state index in [-0.39, 0.29) is 10.6 Å². The summed E-state index contributed by atoms with van der Waals surface area (Å²) in [6.45, 7) is 2.45. The third kappa shape index (κ3) is 5.43. The maximum absolute atomic E-state index is 12.5. The molecule has 0 bridgehead atoms. The maximum atomic E-state index is 12.5. The van der Waals surface area contributed by atoms with Gasteiger partial charge < -0.3 is 14.2 Å². The highest BCUT2D eigenvalue weighted by molar-refractivity contribution is 7.89. The summed E-state index contributed by atoms with van der Waals surface area (Å²) in [5.74, 6) is 0.905. The second kappa shape index (κ2) is 9.86. The molecule has 0 aliphatic heterocycles. The van der Waals surface area contributed by atoms with Crippen molar-refractivity contribution in [2.75, 3.05) is 20.8 Å². The molecule has 28 heavy (non-hydrogen) atoms. The Kier molecular flexibility index (Phi) is 7.79. The van der Waals surface area contributed by atoms with Gasteiger partial charge in [0.05, 0.1) is 37.1 Å². The quantitative estimate of drug-likeness (QED) is 0.462. The van der Waals surface area contributed by atoms with E-state index in [1.807, 2.05) is 6.92 Å². The van der Waals surface area contributed by atoms with Crippen molar-refractivity contribution in [1.82, 2.24) is 4.83 Å². The van der Waals surface area contributed by atoms with Gasteiger partial charge in [0.25, 0.3) is 10.0 Å². The summed E-state index contributed by atoms with van der Waals surface area (Å²) in [6, 6.07) is 7.56. The zero-order valence-corrected chi connectivity index (χ0v) is 17.9. The third-order valence-electron chi connectivity index (χ3n) is 3.52. The fraction of sp³-hybridized carbons (Fsp3) is 0.278. The number of hydrogen-bond donors (Lipinski definition) is 1. The van der Waals surface area contributed by atoms with E-state index in [4.69, 9.17) is 37.4 Å². The number of benzene rings is 2. The van der Waals surface area contributed by atoms with E-state index in [1.165, 1.54) is 32.6 Å². The fourth-order valence-corrected chi connectivity index (χ4v) is 3.80. The zero-order chi connectivity index (χ0) is 20.7. The molecule has 1 N–H and O–H groups in total. The lowest BCUT2D eigenvalue weighted by atomic mass is 10.2. The summed E-state index contributed by atoms with van der Waals surface area (Å²) >= 11 is 12.3. The van der Waals surface area contributed by atoms with Crippen LogP contribution in [0.3, 0.4) is 0 Å². The minimum atomic E-state index is -3.99. The molecule has 0 aliphatic rings. The molecule has 0 heterocycles. The number of ether oxygens (including phenoxy) is 3. The molecule has 0 amide bonds. The van der Waals surface area contributed by atoms with Crippen LogP contribution in [-0.4, -0.2) is 35.5 Å². The van der Waals surface area contributed by atoms with E-state index in [0.717, 1.165) is 6.42 Å². The standard InChI is InChI=1S/C18H20Cl2N2O5S/c1-4-7-27-18-14(19)8-12(9-15(18)20)11-21-22-28(23,24)17-10-13(25-2)5-6-16(17)26-3/h5-6,8-11,22H,4,7H2,1-3H3/b21-11+. The lowest BCUT2D eigenvalue weighted by molar-refractivity contribution is 0.318. The molecule has 10 heteroatoms. The maximum Gasteiger partial charge on any atom is 0.280 e. The van der Waals surface area contributed by atoms with Crippen LogP contribution in [0.5, 0.6) is 17.2 Å². The molecule has 2 rings (SSSR count). The zero-order valence-electron chi connectivity index (χ0n) is 15.5. The van der Waals surface area contributed by atoms with Crippen LogP contribution in [0.25, 0.3) is 0 Å². The smallest absolute Gasteiger partial charge is 0.280 e. The van der Waals surface area contributed by atoms with Crippen LogP contribution in [0.2, 0.25) is 10.0 Å². The summed E-state index contributed by atoms with van der Waals surface area (Å²) in [5.41, 5.74) is 0.499. The molecule has 0 spiro atoms. The molecule has 152 valence electrons. The number of rotatable bonds is 9. The Morgan fingerprint density at radius 1 is 1.11 bits per heavy atom. The van der Waals surface area contributed by atoms with Crippen molar-refractivity contribution in [2.45, 2.75) is 18.2 Å². The fourth-order valence-electron chi connectivity index (χ4n) is 2.21. The molecule has 2 aromatic rings. The number of methoxy groups -OCH3 is 2. The summed E-state index contributed by atoms with van der Waals surface area (Å²) in [4.78, 5) is 2.02. The minimum Gasteiger partial charge on any atom is -0.497 e. The van der Waals surface area contributed by atoms with Crippen molar-refractivity contribution in [3.63, 3.8) is 0 Å². The van der Waals surface area contributed by atoms with Crippen molar-refractivity contribution in [3.8, 4) is 17.2 Å².